The van der Waals surface area contributed by atoms with Gasteiger partial charge in [0.2, 0.25) is 0 Å². The summed E-state index contributed by atoms with van der Waals surface area (Å²) in [6, 6.07) is 9.90. The summed E-state index contributed by atoms with van der Waals surface area (Å²) in [7, 11) is 0. The van der Waals surface area contributed by atoms with Gasteiger partial charge in [-0.3, -0.25) is 9.69 Å². The summed E-state index contributed by atoms with van der Waals surface area (Å²) in [6.45, 7) is 6.09. The van der Waals surface area contributed by atoms with E-state index < -0.39 is 0 Å². The Kier molecular flexibility index (Phi) is 5.38. The first-order chi connectivity index (χ1) is 13.1. The van der Waals surface area contributed by atoms with Gasteiger partial charge < -0.3 is 4.90 Å². The van der Waals surface area contributed by atoms with E-state index in [1.807, 2.05) is 30.0 Å². The van der Waals surface area contributed by atoms with E-state index in [-0.39, 0.29) is 5.91 Å². The molecule has 0 spiro atoms. The fourth-order valence-electron chi connectivity index (χ4n) is 3.27. The summed E-state index contributed by atoms with van der Waals surface area (Å²) in [5.41, 5.74) is 1.47. The SMILES string of the molecule is Cc1c(C(=O)N2CCN(Cc3ccc(Br)s3)CC2)cnn1-c1ccccn1. The van der Waals surface area contributed by atoms with E-state index in [2.05, 4.69) is 43.0 Å². The fourth-order valence-corrected chi connectivity index (χ4v) is 4.79. The van der Waals surface area contributed by atoms with E-state index in [1.54, 1.807) is 28.4 Å². The van der Waals surface area contributed by atoms with Gasteiger partial charge in [-0.1, -0.05) is 6.07 Å². The van der Waals surface area contributed by atoms with Crippen LogP contribution in [0, 0.1) is 6.92 Å². The quantitative estimate of drug-likeness (QED) is 0.617. The van der Waals surface area contributed by atoms with E-state index in [0.29, 0.717) is 5.56 Å². The van der Waals surface area contributed by atoms with Crippen molar-refractivity contribution in [2.24, 2.45) is 0 Å². The Balaban J connectivity index is 1.40. The van der Waals surface area contributed by atoms with Crippen molar-refractivity contribution in [3.63, 3.8) is 0 Å². The molecule has 6 nitrogen and oxygen atoms in total. The number of pyridine rings is 1. The van der Waals surface area contributed by atoms with Crippen molar-refractivity contribution < 1.29 is 4.79 Å². The highest BCUT2D eigenvalue weighted by molar-refractivity contribution is 9.11. The molecule has 4 rings (SSSR count). The van der Waals surface area contributed by atoms with Crippen molar-refractivity contribution in [2.45, 2.75) is 13.5 Å². The highest BCUT2D eigenvalue weighted by Crippen LogP contribution is 2.24. The fraction of sp³-hybridized carbons (Fsp3) is 0.316. The lowest BCUT2D eigenvalue weighted by atomic mass is 10.2. The number of hydrogen-bond acceptors (Lipinski definition) is 5. The number of carbonyl (C=O) groups is 1. The molecule has 4 heterocycles. The second-order valence-corrected chi connectivity index (χ2v) is 9.07. The van der Waals surface area contributed by atoms with E-state index in [1.165, 1.54) is 4.88 Å². The third-order valence-electron chi connectivity index (χ3n) is 4.77. The largest absolute Gasteiger partial charge is 0.336 e. The number of hydrogen-bond donors (Lipinski definition) is 0. The maximum Gasteiger partial charge on any atom is 0.257 e. The Bertz CT molecular complexity index is 931. The van der Waals surface area contributed by atoms with Crippen molar-refractivity contribution in [2.75, 3.05) is 26.2 Å². The van der Waals surface area contributed by atoms with Gasteiger partial charge in [-0.2, -0.15) is 5.10 Å². The summed E-state index contributed by atoms with van der Waals surface area (Å²) < 4.78 is 2.88. The number of thiophene rings is 1. The van der Waals surface area contributed by atoms with Gasteiger partial charge >= 0.3 is 0 Å². The van der Waals surface area contributed by atoms with Gasteiger partial charge in [0.25, 0.3) is 5.91 Å². The second-order valence-electron chi connectivity index (χ2n) is 6.52. The predicted molar refractivity (Wildman–Crippen MR) is 109 cm³/mol. The van der Waals surface area contributed by atoms with Crippen LogP contribution in [0.1, 0.15) is 20.9 Å². The third-order valence-corrected chi connectivity index (χ3v) is 6.38. The van der Waals surface area contributed by atoms with Crippen molar-refractivity contribution in [1.29, 1.82) is 0 Å². The molecule has 0 bridgehead atoms. The van der Waals surface area contributed by atoms with Gasteiger partial charge in [-0.25, -0.2) is 9.67 Å². The van der Waals surface area contributed by atoms with Crippen LogP contribution in [-0.2, 0) is 6.54 Å². The van der Waals surface area contributed by atoms with E-state index in [9.17, 15) is 4.79 Å². The molecule has 0 saturated carbocycles. The van der Waals surface area contributed by atoms with Crippen LogP contribution in [0.2, 0.25) is 0 Å². The van der Waals surface area contributed by atoms with E-state index >= 15 is 0 Å². The average Bonchev–Trinajstić information content (AvgIpc) is 3.28. The van der Waals surface area contributed by atoms with Crippen molar-refractivity contribution >= 4 is 33.2 Å². The van der Waals surface area contributed by atoms with Crippen LogP contribution in [0.15, 0.2) is 46.5 Å². The van der Waals surface area contributed by atoms with Gasteiger partial charge in [-0.15, -0.1) is 11.3 Å². The first-order valence-corrected chi connectivity index (χ1v) is 10.4. The molecule has 8 heteroatoms. The first kappa shape index (κ1) is 18.3. The van der Waals surface area contributed by atoms with Gasteiger partial charge in [0.15, 0.2) is 5.82 Å². The second kappa shape index (κ2) is 7.92. The summed E-state index contributed by atoms with van der Waals surface area (Å²) in [5.74, 6) is 0.772. The van der Waals surface area contributed by atoms with Crippen LogP contribution in [0.5, 0.6) is 0 Å². The van der Waals surface area contributed by atoms with Crippen molar-refractivity contribution in [3.8, 4) is 5.82 Å². The van der Waals surface area contributed by atoms with E-state index in [0.717, 1.165) is 48.0 Å². The van der Waals surface area contributed by atoms with Gasteiger partial charge in [0.05, 0.1) is 21.2 Å². The van der Waals surface area contributed by atoms with Crippen molar-refractivity contribution in [3.05, 3.63) is 62.6 Å². The lowest BCUT2D eigenvalue weighted by Gasteiger charge is -2.34. The molecule has 3 aromatic rings. The molecule has 1 amide bonds. The molecular formula is C19H20BrN5OS. The molecule has 1 aliphatic heterocycles. The molecule has 0 unspecified atom stereocenters. The predicted octanol–water partition coefficient (Wildman–Crippen LogP) is 3.36. The normalized spacial score (nSPS) is 15.3. The number of amides is 1. The van der Waals surface area contributed by atoms with Gasteiger partial charge in [0, 0.05) is 43.8 Å². The van der Waals surface area contributed by atoms with Crippen LogP contribution in [-0.4, -0.2) is 56.7 Å². The van der Waals surface area contributed by atoms with Gasteiger partial charge in [-0.05, 0) is 47.1 Å². The maximum atomic E-state index is 13.0. The number of halogens is 1. The standard InChI is InChI=1S/C19H20BrN5OS/c1-14-16(12-22-25(14)18-4-2-3-7-21-18)19(26)24-10-8-23(9-11-24)13-15-5-6-17(20)27-15/h2-7,12H,8-11,13H2,1H3. The van der Waals surface area contributed by atoms with Crippen LogP contribution in [0.4, 0.5) is 0 Å². The minimum Gasteiger partial charge on any atom is -0.336 e. The Morgan fingerprint density at radius 1 is 1.19 bits per heavy atom. The molecule has 0 aromatic carbocycles. The molecule has 140 valence electrons. The molecule has 27 heavy (non-hydrogen) atoms. The topological polar surface area (TPSA) is 54.3 Å². The number of aromatic nitrogens is 3. The Morgan fingerprint density at radius 2 is 2.00 bits per heavy atom. The first-order valence-electron chi connectivity index (χ1n) is 8.83. The lowest BCUT2D eigenvalue weighted by Crippen LogP contribution is -2.48. The molecular weight excluding hydrogens is 426 g/mol. The summed E-state index contributed by atoms with van der Waals surface area (Å²) in [5, 5.41) is 4.37. The van der Waals surface area contributed by atoms with Crippen LogP contribution < -0.4 is 0 Å². The van der Waals surface area contributed by atoms with E-state index in [4.69, 9.17) is 0 Å². The van der Waals surface area contributed by atoms with Crippen molar-refractivity contribution in [1.82, 2.24) is 24.6 Å². The van der Waals surface area contributed by atoms with Crippen LogP contribution >= 0.6 is 27.3 Å². The lowest BCUT2D eigenvalue weighted by molar-refractivity contribution is 0.0629. The minimum absolute atomic E-state index is 0.0493. The zero-order valence-electron chi connectivity index (χ0n) is 15.0. The average molecular weight is 446 g/mol. The maximum absolute atomic E-state index is 13.0. The zero-order chi connectivity index (χ0) is 18.8. The molecule has 0 radical (unpaired) electrons. The smallest absolute Gasteiger partial charge is 0.257 e. The number of carbonyl (C=O) groups excluding carboxylic acids is 1. The highest BCUT2D eigenvalue weighted by atomic mass is 79.9. The molecule has 1 fully saturated rings. The number of nitrogens with zero attached hydrogens (tertiary/aromatic N) is 5. The Hall–Kier alpha value is -2.03. The third kappa shape index (κ3) is 3.97. The van der Waals surface area contributed by atoms with Crippen LogP contribution in [0.3, 0.4) is 0 Å². The van der Waals surface area contributed by atoms with Gasteiger partial charge in [0.1, 0.15) is 0 Å². The Labute approximate surface area is 170 Å². The highest BCUT2D eigenvalue weighted by Gasteiger charge is 2.25. The summed E-state index contributed by atoms with van der Waals surface area (Å²) in [4.78, 5) is 22.9. The number of rotatable bonds is 4. The molecule has 1 aliphatic rings. The molecule has 0 aliphatic carbocycles. The Morgan fingerprint density at radius 3 is 2.67 bits per heavy atom. The minimum atomic E-state index is 0.0493. The molecule has 3 aromatic heterocycles. The monoisotopic (exact) mass is 445 g/mol. The summed E-state index contributed by atoms with van der Waals surface area (Å²) >= 11 is 5.28. The number of piperazine rings is 1. The molecule has 0 atom stereocenters. The molecule has 0 N–H and O–H groups in total. The van der Waals surface area contributed by atoms with Crippen LogP contribution in [0.25, 0.3) is 5.82 Å². The zero-order valence-corrected chi connectivity index (χ0v) is 17.4. The summed E-state index contributed by atoms with van der Waals surface area (Å²) in [6.07, 6.45) is 3.38. The molecule has 1 saturated heterocycles.